The number of carbonyl (C=O) groups excluding carboxylic acids is 1. The molecule has 1 saturated heterocycles. The lowest BCUT2D eigenvalue weighted by Gasteiger charge is -2.43. The smallest absolute Gasteiger partial charge is 0.224 e. The molecule has 0 spiro atoms. The summed E-state index contributed by atoms with van der Waals surface area (Å²) in [5, 5.41) is 4.60. The van der Waals surface area contributed by atoms with Gasteiger partial charge in [-0.15, -0.1) is 0 Å². The number of amides is 1. The van der Waals surface area contributed by atoms with E-state index in [1.807, 2.05) is 11.1 Å². The molecule has 3 heterocycles. The topological polar surface area (TPSA) is 50.6 Å². The second-order valence-electron chi connectivity index (χ2n) is 9.44. The predicted molar refractivity (Wildman–Crippen MR) is 118 cm³/mol. The maximum absolute atomic E-state index is 12.4. The number of aromatic nitrogens is 2. The number of ether oxygens (including phenoxy) is 1. The molecule has 1 unspecified atom stereocenters. The minimum absolute atomic E-state index is 0.0957. The third-order valence-corrected chi connectivity index (χ3v) is 6.81. The van der Waals surface area contributed by atoms with E-state index < -0.39 is 0 Å². The van der Waals surface area contributed by atoms with E-state index >= 15 is 0 Å². The number of fused-ring (bicyclic) bond motifs is 1. The number of benzene rings is 1. The van der Waals surface area contributed by atoms with Crippen LogP contribution in [0.3, 0.4) is 0 Å². The maximum Gasteiger partial charge on any atom is 0.224 e. The third-order valence-electron chi connectivity index (χ3n) is 6.81. The van der Waals surface area contributed by atoms with E-state index in [0.717, 1.165) is 48.5 Å². The van der Waals surface area contributed by atoms with Gasteiger partial charge < -0.3 is 9.64 Å². The summed E-state index contributed by atoms with van der Waals surface area (Å²) in [6, 6.07) is 5.53. The van der Waals surface area contributed by atoms with E-state index in [9.17, 15) is 4.79 Å². The Morgan fingerprint density at radius 1 is 1.20 bits per heavy atom. The molecule has 3 aliphatic rings. The molecule has 160 valence electrons. The maximum atomic E-state index is 12.4. The van der Waals surface area contributed by atoms with Crippen LogP contribution in [0, 0.1) is 0 Å². The predicted octanol–water partition coefficient (Wildman–Crippen LogP) is 4.04. The van der Waals surface area contributed by atoms with E-state index in [4.69, 9.17) is 4.74 Å². The lowest BCUT2D eigenvalue weighted by molar-refractivity contribution is -0.117. The van der Waals surface area contributed by atoms with Crippen LogP contribution in [0.15, 0.2) is 24.5 Å². The fraction of sp³-hybridized carbons (Fsp3) is 0.583. The highest BCUT2D eigenvalue weighted by Crippen LogP contribution is 2.44. The molecule has 2 fully saturated rings. The molecular formula is C24H32N4O2. The Labute approximate surface area is 178 Å². The van der Waals surface area contributed by atoms with Crippen molar-refractivity contribution < 1.29 is 9.53 Å². The van der Waals surface area contributed by atoms with Crippen molar-refractivity contribution in [2.45, 2.75) is 77.6 Å². The van der Waals surface area contributed by atoms with E-state index in [1.54, 1.807) is 6.92 Å². The molecule has 1 amide bonds. The molecule has 1 saturated carbocycles. The van der Waals surface area contributed by atoms with Crippen LogP contribution in [0.4, 0.5) is 5.69 Å². The van der Waals surface area contributed by atoms with Crippen molar-refractivity contribution in [3.8, 4) is 16.9 Å². The van der Waals surface area contributed by atoms with Crippen LogP contribution < -0.4 is 9.64 Å². The third kappa shape index (κ3) is 3.41. The Kier molecular flexibility index (Phi) is 4.85. The Balaban J connectivity index is 1.53. The number of hydrogen-bond donors (Lipinski definition) is 0. The Morgan fingerprint density at radius 3 is 2.63 bits per heavy atom. The quantitative estimate of drug-likeness (QED) is 0.749. The first-order chi connectivity index (χ1) is 14.4. The largest absolute Gasteiger partial charge is 0.487 e. The lowest BCUT2D eigenvalue weighted by Crippen LogP contribution is -2.56. The number of rotatable bonds is 5. The summed E-state index contributed by atoms with van der Waals surface area (Å²) in [5.74, 6) is 1.05. The van der Waals surface area contributed by atoms with Gasteiger partial charge in [0.1, 0.15) is 11.9 Å². The summed E-state index contributed by atoms with van der Waals surface area (Å²) >= 11 is 0. The highest BCUT2D eigenvalue weighted by Gasteiger charge is 2.35. The van der Waals surface area contributed by atoms with E-state index in [-0.39, 0.29) is 18.1 Å². The normalized spacial score (nSPS) is 22.2. The van der Waals surface area contributed by atoms with Crippen molar-refractivity contribution in [3.05, 3.63) is 30.1 Å². The van der Waals surface area contributed by atoms with Crippen LogP contribution in [0.1, 0.15) is 58.6 Å². The van der Waals surface area contributed by atoms with Crippen LogP contribution in [-0.2, 0) is 11.2 Å². The molecule has 30 heavy (non-hydrogen) atoms. The van der Waals surface area contributed by atoms with Gasteiger partial charge in [-0.25, -0.2) is 0 Å². The summed E-state index contributed by atoms with van der Waals surface area (Å²) in [6.07, 6.45) is 8.63. The van der Waals surface area contributed by atoms with Crippen molar-refractivity contribution >= 4 is 11.6 Å². The van der Waals surface area contributed by atoms with Gasteiger partial charge >= 0.3 is 0 Å². The average Bonchev–Trinajstić information content (AvgIpc) is 3.40. The average molecular weight is 409 g/mol. The standard InChI is InChI=1S/C24H32N4O2/c1-15(2)26-13-20(14-26)30-24-21(18-11-25-27(12-18)19-6-7-19)9-10-23-22(24)8-5-16(3)28(23)17(4)29/h9-12,15-16,19-20H,5-8,13-14H2,1-4H3. The summed E-state index contributed by atoms with van der Waals surface area (Å²) < 4.78 is 8.74. The van der Waals surface area contributed by atoms with Crippen molar-refractivity contribution in [2.24, 2.45) is 0 Å². The zero-order chi connectivity index (χ0) is 21.0. The van der Waals surface area contributed by atoms with Crippen molar-refractivity contribution in [3.63, 3.8) is 0 Å². The fourth-order valence-corrected chi connectivity index (χ4v) is 4.79. The van der Waals surface area contributed by atoms with Crippen LogP contribution in [-0.4, -0.2) is 51.9 Å². The zero-order valence-electron chi connectivity index (χ0n) is 18.5. The number of hydrogen-bond acceptors (Lipinski definition) is 4. The van der Waals surface area contributed by atoms with Gasteiger partial charge in [0, 0.05) is 55.0 Å². The monoisotopic (exact) mass is 408 g/mol. The summed E-state index contributed by atoms with van der Waals surface area (Å²) in [7, 11) is 0. The number of carbonyl (C=O) groups is 1. The van der Waals surface area contributed by atoms with Gasteiger partial charge in [-0.1, -0.05) is 0 Å². The van der Waals surface area contributed by atoms with Gasteiger partial charge in [-0.2, -0.15) is 5.10 Å². The van der Waals surface area contributed by atoms with E-state index in [2.05, 4.69) is 53.8 Å². The van der Waals surface area contributed by atoms with Gasteiger partial charge in [0.25, 0.3) is 0 Å². The highest BCUT2D eigenvalue weighted by atomic mass is 16.5. The van der Waals surface area contributed by atoms with E-state index in [0.29, 0.717) is 12.1 Å². The number of nitrogens with zero attached hydrogens (tertiary/aromatic N) is 4. The number of anilines is 1. The zero-order valence-corrected chi connectivity index (χ0v) is 18.5. The molecule has 0 N–H and O–H groups in total. The lowest BCUT2D eigenvalue weighted by atomic mass is 9.92. The van der Waals surface area contributed by atoms with Crippen molar-refractivity contribution in [2.75, 3.05) is 18.0 Å². The number of likely N-dealkylation sites (tertiary alicyclic amines) is 1. The molecule has 5 rings (SSSR count). The van der Waals surface area contributed by atoms with Gasteiger partial charge in [0.15, 0.2) is 0 Å². The van der Waals surface area contributed by atoms with Crippen molar-refractivity contribution in [1.82, 2.24) is 14.7 Å². The van der Waals surface area contributed by atoms with Crippen LogP contribution in [0.2, 0.25) is 0 Å². The van der Waals surface area contributed by atoms with Gasteiger partial charge in [-0.3, -0.25) is 14.4 Å². The van der Waals surface area contributed by atoms with Gasteiger partial charge in [-0.05, 0) is 58.6 Å². The molecule has 2 aliphatic heterocycles. The molecule has 6 nitrogen and oxygen atoms in total. The SMILES string of the molecule is CC(=O)N1c2ccc(-c3cnn(C4CC4)c3)c(OC3CN(C(C)C)C3)c2CCC1C. The second kappa shape index (κ2) is 7.41. The molecule has 0 radical (unpaired) electrons. The molecular weight excluding hydrogens is 376 g/mol. The Bertz CT molecular complexity index is 956. The summed E-state index contributed by atoms with van der Waals surface area (Å²) in [6.45, 7) is 10.1. The first kappa shape index (κ1) is 19.6. The Hall–Kier alpha value is -2.34. The minimum Gasteiger partial charge on any atom is -0.487 e. The van der Waals surface area contributed by atoms with Crippen LogP contribution in [0.25, 0.3) is 11.1 Å². The first-order valence-electron chi connectivity index (χ1n) is 11.3. The molecule has 2 aromatic rings. The van der Waals surface area contributed by atoms with Crippen molar-refractivity contribution in [1.29, 1.82) is 0 Å². The second-order valence-corrected chi connectivity index (χ2v) is 9.44. The van der Waals surface area contributed by atoms with Crippen LogP contribution in [0.5, 0.6) is 5.75 Å². The minimum atomic E-state index is 0.0957. The van der Waals surface area contributed by atoms with Gasteiger partial charge in [0.05, 0.1) is 17.9 Å². The van der Waals surface area contributed by atoms with E-state index in [1.165, 1.54) is 18.4 Å². The molecule has 6 heteroatoms. The van der Waals surface area contributed by atoms with Crippen LogP contribution >= 0.6 is 0 Å². The highest BCUT2D eigenvalue weighted by molar-refractivity contribution is 5.95. The molecule has 1 aliphatic carbocycles. The first-order valence-corrected chi connectivity index (χ1v) is 11.3. The van der Waals surface area contributed by atoms with Gasteiger partial charge in [0.2, 0.25) is 5.91 Å². The molecule has 0 bridgehead atoms. The molecule has 1 aromatic heterocycles. The Morgan fingerprint density at radius 2 is 1.97 bits per heavy atom. The molecule has 1 atom stereocenters. The fourth-order valence-electron chi connectivity index (χ4n) is 4.79. The molecule has 1 aromatic carbocycles. The summed E-state index contributed by atoms with van der Waals surface area (Å²) in [4.78, 5) is 16.8. The summed E-state index contributed by atoms with van der Waals surface area (Å²) in [5.41, 5.74) is 4.38.